The van der Waals surface area contributed by atoms with Crippen LogP contribution in [0.4, 0.5) is 4.39 Å². The molecule has 0 aliphatic heterocycles. The molecule has 3 N–H and O–H groups in total. The molecule has 1 unspecified atom stereocenters. The van der Waals surface area contributed by atoms with E-state index in [2.05, 4.69) is 0 Å². The van der Waals surface area contributed by atoms with Gasteiger partial charge in [0.05, 0.1) is 18.2 Å². The van der Waals surface area contributed by atoms with E-state index in [0.29, 0.717) is 18.5 Å². The van der Waals surface area contributed by atoms with Crippen LogP contribution in [-0.4, -0.2) is 18.8 Å². The second-order valence-corrected chi connectivity index (χ2v) is 3.48. The van der Waals surface area contributed by atoms with Crippen LogP contribution in [0.2, 0.25) is 5.02 Å². The molecule has 1 aromatic carbocycles. The Morgan fingerprint density at radius 2 is 2.27 bits per heavy atom. The molecule has 1 aromatic rings. The second-order valence-electron chi connectivity index (χ2n) is 3.10. The average molecular weight is 234 g/mol. The SMILES string of the molecule is COc1cc(F)cc(C(O)CCN)c1Cl. The average Bonchev–Trinajstić information content (AvgIpc) is 2.21. The number of aliphatic hydroxyl groups is 1. The normalized spacial score (nSPS) is 12.6. The van der Waals surface area contributed by atoms with Crippen molar-refractivity contribution in [2.75, 3.05) is 13.7 Å². The van der Waals surface area contributed by atoms with Gasteiger partial charge in [0.15, 0.2) is 0 Å². The molecule has 84 valence electrons. The Hall–Kier alpha value is -0.840. The summed E-state index contributed by atoms with van der Waals surface area (Å²) in [7, 11) is 1.39. The zero-order valence-electron chi connectivity index (χ0n) is 8.34. The molecule has 0 aliphatic carbocycles. The van der Waals surface area contributed by atoms with E-state index < -0.39 is 11.9 Å². The van der Waals surface area contributed by atoms with Gasteiger partial charge in [-0.2, -0.15) is 0 Å². The quantitative estimate of drug-likeness (QED) is 0.835. The Labute approximate surface area is 92.6 Å². The van der Waals surface area contributed by atoms with Gasteiger partial charge in [0.2, 0.25) is 0 Å². The largest absolute Gasteiger partial charge is 0.495 e. The number of hydrogen-bond donors (Lipinski definition) is 2. The number of aliphatic hydroxyl groups excluding tert-OH is 1. The first-order chi connectivity index (χ1) is 7.10. The van der Waals surface area contributed by atoms with Gasteiger partial charge < -0.3 is 15.6 Å². The standard InChI is InChI=1S/C10H13ClFNO2/c1-15-9-5-6(12)4-7(10(9)11)8(14)2-3-13/h4-5,8,14H,2-3,13H2,1H3. The molecule has 0 aromatic heterocycles. The Morgan fingerprint density at radius 1 is 1.60 bits per heavy atom. The molecule has 0 aliphatic rings. The number of benzene rings is 1. The van der Waals surface area contributed by atoms with Crippen LogP contribution < -0.4 is 10.5 Å². The van der Waals surface area contributed by atoms with Crippen LogP contribution in [0.3, 0.4) is 0 Å². The van der Waals surface area contributed by atoms with Crippen molar-refractivity contribution in [2.45, 2.75) is 12.5 Å². The minimum absolute atomic E-state index is 0.211. The van der Waals surface area contributed by atoms with E-state index in [4.69, 9.17) is 22.1 Å². The minimum atomic E-state index is -0.868. The summed E-state index contributed by atoms with van der Waals surface area (Å²) >= 11 is 5.92. The maximum absolute atomic E-state index is 13.1. The van der Waals surface area contributed by atoms with Gasteiger partial charge in [0.25, 0.3) is 0 Å². The highest BCUT2D eigenvalue weighted by molar-refractivity contribution is 6.32. The number of ether oxygens (including phenoxy) is 1. The first-order valence-corrected chi connectivity index (χ1v) is 4.89. The predicted octanol–water partition coefficient (Wildman–Crippen LogP) is 1.87. The Kier molecular flexibility index (Phi) is 4.32. The maximum atomic E-state index is 13.1. The minimum Gasteiger partial charge on any atom is -0.495 e. The number of hydrogen-bond acceptors (Lipinski definition) is 3. The van der Waals surface area contributed by atoms with Gasteiger partial charge in [-0.1, -0.05) is 11.6 Å². The summed E-state index contributed by atoms with van der Waals surface area (Å²) in [5, 5.41) is 9.88. The van der Waals surface area contributed by atoms with E-state index in [1.165, 1.54) is 19.2 Å². The summed E-state index contributed by atoms with van der Waals surface area (Å²) in [6, 6.07) is 2.35. The van der Waals surface area contributed by atoms with Crippen LogP contribution in [0.25, 0.3) is 0 Å². The molecule has 0 amide bonds. The van der Waals surface area contributed by atoms with E-state index in [9.17, 15) is 9.50 Å². The topological polar surface area (TPSA) is 55.5 Å². The third-order valence-electron chi connectivity index (χ3n) is 2.05. The van der Waals surface area contributed by atoms with Gasteiger partial charge >= 0.3 is 0 Å². The molecule has 1 rings (SSSR count). The molecule has 0 heterocycles. The first kappa shape index (κ1) is 12.2. The second kappa shape index (κ2) is 5.30. The predicted molar refractivity (Wildman–Crippen MR) is 56.6 cm³/mol. The lowest BCUT2D eigenvalue weighted by Gasteiger charge is -2.14. The summed E-state index contributed by atoms with van der Waals surface area (Å²) in [4.78, 5) is 0. The van der Waals surface area contributed by atoms with Gasteiger partial charge in [-0.15, -0.1) is 0 Å². The highest BCUT2D eigenvalue weighted by Gasteiger charge is 2.16. The molecule has 0 saturated carbocycles. The van der Waals surface area contributed by atoms with E-state index in [1.54, 1.807) is 0 Å². The van der Waals surface area contributed by atoms with E-state index in [1.807, 2.05) is 0 Å². The van der Waals surface area contributed by atoms with Crippen molar-refractivity contribution in [3.8, 4) is 5.75 Å². The monoisotopic (exact) mass is 233 g/mol. The third kappa shape index (κ3) is 2.81. The summed E-state index contributed by atoms with van der Waals surface area (Å²) in [6.07, 6.45) is -0.543. The molecule has 1 atom stereocenters. The lowest BCUT2D eigenvalue weighted by atomic mass is 10.1. The van der Waals surface area contributed by atoms with E-state index in [-0.39, 0.29) is 10.8 Å². The van der Waals surface area contributed by atoms with Crippen LogP contribution in [0.5, 0.6) is 5.75 Å². The zero-order chi connectivity index (χ0) is 11.4. The summed E-state index contributed by atoms with van der Waals surface area (Å²) < 4.78 is 18.0. The van der Waals surface area contributed by atoms with E-state index >= 15 is 0 Å². The van der Waals surface area contributed by atoms with Gasteiger partial charge in [-0.25, -0.2) is 4.39 Å². The molecule has 15 heavy (non-hydrogen) atoms. The summed E-state index contributed by atoms with van der Waals surface area (Å²) in [5.41, 5.74) is 5.60. The van der Waals surface area contributed by atoms with Crippen LogP contribution in [0.1, 0.15) is 18.1 Å². The van der Waals surface area contributed by atoms with Crippen molar-refractivity contribution in [1.29, 1.82) is 0 Å². The number of halogens is 2. The third-order valence-corrected chi connectivity index (χ3v) is 2.46. The van der Waals surface area contributed by atoms with Crippen molar-refractivity contribution in [3.05, 3.63) is 28.5 Å². The van der Waals surface area contributed by atoms with Gasteiger partial charge in [0.1, 0.15) is 11.6 Å². The molecule has 0 bridgehead atoms. The number of rotatable bonds is 4. The Morgan fingerprint density at radius 3 is 2.80 bits per heavy atom. The summed E-state index contributed by atoms with van der Waals surface area (Å²) in [6.45, 7) is 0.302. The molecule has 0 spiro atoms. The molecule has 0 saturated heterocycles. The molecular weight excluding hydrogens is 221 g/mol. The summed E-state index contributed by atoms with van der Waals surface area (Å²) in [5.74, 6) is -0.287. The molecule has 5 heteroatoms. The van der Waals surface area contributed by atoms with Crippen molar-refractivity contribution in [3.63, 3.8) is 0 Å². The van der Waals surface area contributed by atoms with Gasteiger partial charge in [-0.3, -0.25) is 0 Å². The zero-order valence-corrected chi connectivity index (χ0v) is 9.09. The van der Waals surface area contributed by atoms with Crippen LogP contribution in [0.15, 0.2) is 12.1 Å². The lowest BCUT2D eigenvalue weighted by molar-refractivity contribution is 0.169. The van der Waals surface area contributed by atoms with Crippen molar-refractivity contribution >= 4 is 11.6 Å². The Balaban J connectivity index is 3.11. The fourth-order valence-electron chi connectivity index (χ4n) is 1.29. The van der Waals surface area contributed by atoms with Gasteiger partial charge in [0, 0.05) is 11.6 Å². The smallest absolute Gasteiger partial charge is 0.140 e. The molecule has 0 radical (unpaired) electrons. The fourth-order valence-corrected chi connectivity index (χ4v) is 1.60. The highest BCUT2D eigenvalue weighted by Crippen LogP contribution is 2.33. The van der Waals surface area contributed by atoms with Crippen molar-refractivity contribution < 1.29 is 14.2 Å². The van der Waals surface area contributed by atoms with Gasteiger partial charge in [-0.05, 0) is 19.0 Å². The van der Waals surface area contributed by atoms with E-state index in [0.717, 1.165) is 0 Å². The van der Waals surface area contributed by atoms with Crippen LogP contribution in [0, 0.1) is 5.82 Å². The van der Waals surface area contributed by atoms with Crippen LogP contribution in [-0.2, 0) is 0 Å². The molecule has 0 fully saturated rings. The number of methoxy groups -OCH3 is 1. The van der Waals surface area contributed by atoms with Crippen LogP contribution >= 0.6 is 11.6 Å². The highest BCUT2D eigenvalue weighted by atomic mass is 35.5. The number of nitrogens with two attached hydrogens (primary N) is 1. The Bertz CT molecular complexity index is 346. The molecular formula is C10H13ClFNO2. The fraction of sp³-hybridized carbons (Fsp3) is 0.400. The lowest BCUT2D eigenvalue weighted by Crippen LogP contribution is -2.08. The van der Waals surface area contributed by atoms with Crippen molar-refractivity contribution in [2.24, 2.45) is 5.73 Å². The molecule has 3 nitrogen and oxygen atoms in total. The van der Waals surface area contributed by atoms with Crippen molar-refractivity contribution in [1.82, 2.24) is 0 Å². The maximum Gasteiger partial charge on any atom is 0.140 e. The first-order valence-electron chi connectivity index (χ1n) is 4.51.